The van der Waals surface area contributed by atoms with Crippen LogP contribution in [0.3, 0.4) is 0 Å². The largest absolute Gasteiger partial charge is 0.347 e. The Morgan fingerprint density at radius 1 is 1.60 bits per heavy atom. The molecule has 0 aliphatic rings. The van der Waals surface area contributed by atoms with Gasteiger partial charge in [-0.2, -0.15) is 0 Å². The predicted octanol–water partition coefficient (Wildman–Crippen LogP) is 3.29. The van der Waals surface area contributed by atoms with Crippen molar-refractivity contribution < 1.29 is 4.79 Å². The Bertz CT molecular complexity index is 404. The van der Waals surface area contributed by atoms with Gasteiger partial charge in [0.15, 0.2) is 0 Å². The van der Waals surface area contributed by atoms with E-state index in [1.54, 1.807) is 18.2 Å². The zero-order valence-electron chi connectivity index (χ0n) is 8.31. The second kappa shape index (κ2) is 5.33. The molecular formula is C11H11BrClNO. The minimum absolute atomic E-state index is 0.121. The lowest BCUT2D eigenvalue weighted by Crippen LogP contribution is -2.25. The zero-order chi connectivity index (χ0) is 11.4. The molecule has 0 bridgehead atoms. The van der Waals surface area contributed by atoms with Crippen LogP contribution in [0, 0.1) is 6.92 Å². The van der Waals surface area contributed by atoms with Crippen LogP contribution in [0.1, 0.15) is 15.9 Å². The van der Waals surface area contributed by atoms with Gasteiger partial charge in [-0.3, -0.25) is 4.79 Å². The molecule has 0 radical (unpaired) electrons. The summed E-state index contributed by atoms with van der Waals surface area (Å²) in [7, 11) is 0. The van der Waals surface area contributed by atoms with Gasteiger partial charge in [0.05, 0.1) is 0 Å². The number of benzene rings is 1. The fourth-order valence-corrected chi connectivity index (χ4v) is 1.52. The monoisotopic (exact) mass is 287 g/mol. The third kappa shape index (κ3) is 3.68. The molecule has 0 spiro atoms. The topological polar surface area (TPSA) is 29.1 Å². The molecule has 0 saturated carbocycles. The van der Waals surface area contributed by atoms with E-state index in [1.807, 2.05) is 6.92 Å². The minimum Gasteiger partial charge on any atom is -0.347 e. The summed E-state index contributed by atoms with van der Waals surface area (Å²) in [5, 5.41) is 3.36. The zero-order valence-corrected chi connectivity index (χ0v) is 10.7. The summed E-state index contributed by atoms with van der Waals surface area (Å²) in [5.41, 5.74) is 1.49. The summed E-state index contributed by atoms with van der Waals surface area (Å²) >= 11 is 8.97. The van der Waals surface area contributed by atoms with Gasteiger partial charge in [0.2, 0.25) is 0 Å². The molecule has 0 heterocycles. The number of nitrogens with one attached hydrogen (secondary N) is 1. The number of carbonyl (C=O) groups excluding carboxylic acids is 1. The lowest BCUT2D eigenvalue weighted by atomic mass is 10.1. The van der Waals surface area contributed by atoms with E-state index in [9.17, 15) is 4.79 Å². The van der Waals surface area contributed by atoms with E-state index in [1.165, 1.54) is 0 Å². The fraction of sp³-hybridized carbons (Fsp3) is 0.182. The lowest BCUT2D eigenvalue weighted by molar-refractivity contribution is 0.0957. The molecule has 1 aromatic rings. The van der Waals surface area contributed by atoms with Gasteiger partial charge in [-0.05, 0) is 30.7 Å². The highest BCUT2D eigenvalue weighted by Crippen LogP contribution is 2.15. The Labute approximate surface area is 102 Å². The standard InChI is InChI=1S/C11H11BrClNO/c1-7-5-9(13)3-4-10(7)11(15)14-6-8(2)12/h3-5H,2,6H2,1H3,(H,14,15). The van der Waals surface area contributed by atoms with Gasteiger partial charge in [-0.1, -0.05) is 34.1 Å². The number of carbonyl (C=O) groups is 1. The number of aryl methyl sites for hydroxylation is 1. The van der Waals surface area contributed by atoms with Crippen molar-refractivity contribution in [2.24, 2.45) is 0 Å². The molecule has 0 aliphatic heterocycles. The second-order valence-electron chi connectivity index (χ2n) is 3.16. The Hall–Kier alpha value is -0.800. The summed E-state index contributed by atoms with van der Waals surface area (Å²) in [6.45, 7) is 5.91. The molecule has 0 atom stereocenters. The van der Waals surface area contributed by atoms with Gasteiger partial charge in [0.1, 0.15) is 0 Å². The molecule has 1 rings (SSSR count). The van der Waals surface area contributed by atoms with Crippen LogP contribution in [-0.2, 0) is 0 Å². The van der Waals surface area contributed by atoms with Gasteiger partial charge >= 0.3 is 0 Å². The van der Waals surface area contributed by atoms with Crippen molar-refractivity contribution in [1.29, 1.82) is 0 Å². The molecule has 1 N–H and O–H groups in total. The van der Waals surface area contributed by atoms with Crippen LogP contribution in [-0.4, -0.2) is 12.5 Å². The van der Waals surface area contributed by atoms with Crippen LogP contribution in [0.15, 0.2) is 29.3 Å². The number of rotatable bonds is 3. The van der Waals surface area contributed by atoms with Crippen molar-refractivity contribution in [2.45, 2.75) is 6.92 Å². The Morgan fingerprint density at radius 3 is 2.80 bits per heavy atom. The fourth-order valence-electron chi connectivity index (χ4n) is 1.15. The van der Waals surface area contributed by atoms with Crippen LogP contribution in [0.2, 0.25) is 5.02 Å². The summed E-state index contributed by atoms with van der Waals surface area (Å²) in [5.74, 6) is -0.121. The van der Waals surface area contributed by atoms with E-state index in [-0.39, 0.29) is 5.91 Å². The van der Waals surface area contributed by atoms with E-state index < -0.39 is 0 Å². The summed E-state index contributed by atoms with van der Waals surface area (Å²) in [4.78, 5) is 11.7. The van der Waals surface area contributed by atoms with Gasteiger partial charge in [-0.25, -0.2) is 0 Å². The first-order valence-electron chi connectivity index (χ1n) is 4.38. The molecule has 4 heteroatoms. The average molecular weight is 289 g/mol. The predicted molar refractivity (Wildman–Crippen MR) is 66.6 cm³/mol. The summed E-state index contributed by atoms with van der Waals surface area (Å²) in [6, 6.07) is 5.18. The third-order valence-corrected chi connectivity index (χ3v) is 2.39. The molecule has 0 aliphatic carbocycles. The molecular weight excluding hydrogens is 277 g/mol. The molecule has 1 amide bonds. The van der Waals surface area contributed by atoms with Crippen molar-refractivity contribution in [3.8, 4) is 0 Å². The van der Waals surface area contributed by atoms with E-state index in [0.717, 1.165) is 10.0 Å². The van der Waals surface area contributed by atoms with Gasteiger partial charge in [0.25, 0.3) is 5.91 Å². The van der Waals surface area contributed by atoms with E-state index in [0.29, 0.717) is 17.1 Å². The number of hydrogen-bond acceptors (Lipinski definition) is 1. The van der Waals surface area contributed by atoms with E-state index in [2.05, 4.69) is 27.8 Å². The molecule has 0 aromatic heterocycles. The summed E-state index contributed by atoms with van der Waals surface area (Å²) in [6.07, 6.45) is 0. The first-order valence-corrected chi connectivity index (χ1v) is 5.55. The van der Waals surface area contributed by atoms with Crippen molar-refractivity contribution in [3.63, 3.8) is 0 Å². The molecule has 80 valence electrons. The number of halogens is 2. The maximum Gasteiger partial charge on any atom is 0.251 e. The van der Waals surface area contributed by atoms with Crippen LogP contribution in [0.4, 0.5) is 0 Å². The highest BCUT2D eigenvalue weighted by Gasteiger charge is 2.08. The molecule has 0 saturated heterocycles. The maximum atomic E-state index is 11.7. The molecule has 2 nitrogen and oxygen atoms in total. The highest BCUT2D eigenvalue weighted by molar-refractivity contribution is 9.11. The van der Waals surface area contributed by atoms with Crippen LogP contribution in [0.5, 0.6) is 0 Å². The van der Waals surface area contributed by atoms with Crippen molar-refractivity contribution >= 4 is 33.4 Å². The minimum atomic E-state index is -0.121. The van der Waals surface area contributed by atoms with Crippen molar-refractivity contribution in [1.82, 2.24) is 5.32 Å². The Balaban J connectivity index is 2.78. The van der Waals surface area contributed by atoms with E-state index in [4.69, 9.17) is 11.6 Å². The van der Waals surface area contributed by atoms with Gasteiger partial charge < -0.3 is 5.32 Å². The van der Waals surface area contributed by atoms with Gasteiger partial charge in [0, 0.05) is 21.6 Å². The van der Waals surface area contributed by atoms with Crippen LogP contribution < -0.4 is 5.32 Å². The molecule has 0 unspecified atom stereocenters. The first kappa shape index (κ1) is 12.3. The molecule has 1 aromatic carbocycles. The maximum absolute atomic E-state index is 11.7. The SMILES string of the molecule is C=C(Br)CNC(=O)c1ccc(Cl)cc1C. The highest BCUT2D eigenvalue weighted by atomic mass is 79.9. The third-order valence-electron chi connectivity index (χ3n) is 1.87. The van der Waals surface area contributed by atoms with Crippen LogP contribution in [0.25, 0.3) is 0 Å². The number of amides is 1. The smallest absolute Gasteiger partial charge is 0.251 e. The quantitative estimate of drug-likeness (QED) is 0.908. The van der Waals surface area contributed by atoms with E-state index >= 15 is 0 Å². The Morgan fingerprint density at radius 2 is 2.27 bits per heavy atom. The summed E-state index contributed by atoms with van der Waals surface area (Å²) < 4.78 is 0.738. The first-order chi connectivity index (χ1) is 7.00. The normalized spacial score (nSPS) is 9.80. The lowest BCUT2D eigenvalue weighted by Gasteiger charge is -2.07. The molecule has 0 fully saturated rings. The average Bonchev–Trinajstić information content (AvgIpc) is 2.14. The number of hydrogen-bond donors (Lipinski definition) is 1. The second-order valence-corrected chi connectivity index (χ2v) is 4.72. The van der Waals surface area contributed by atoms with Gasteiger partial charge in [-0.15, -0.1) is 0 Å². The van der Waals surface area contributed by atoms with Crippen molar-refractivity contribution in [3.05, 3.63) is 45.4 Å². The van der Waals surface area contributed by atoms with Crippen LogP contribution >= 0.6 is 27.5 Å². The molecule has 15 heavy (non-hydrogen) atoms. The van der Waals surface area contributed by atoms with Crippen molar-refractivity contribution in [2.75, 3.05) is 6.54 Å². The Kier molecular flexibility index (Phi) is 4.36.